The van der Waals surface area contributed by atoms with E-state index in [1.54, 1.807) is 34.6 Å². The van der Waals surface area contributed by atoms with Crippen molar-refractivity contribution in [3.63, 3.8) is 0 Å². The van der Waals surface area contributed by atoms with Crippen molar-refractivity contribution in [2.45, 2.75) is 46.3 Å². The summed E-state index contributed by atoms with van der Waals surface area (Å²) >= 11 is 5.45. The summed E-state index contributed by atoms with van der Waals surface area (Å²) in [5.41, 5.74) is 0.337. The molecule has 1 amide bonds. The number of amides is 1. The molecule has 128 valence electrons. The van der Waals surface area contributed by atoms with Crippen molar-refractivity contribution < 1.29 is 18.7 Å². The first-order valence-electron chi connectivity index (χ1n) is 7.21. The van der Waals surface area contributed by atoms with E-state index in [1.165, 1.54) is 18.2 Å². The molecule has 1 rings (SSSR count). The summed E-state index contributed by atoms with van der Waals surface area (Å²) in [5, 5.41) is 2.62. The van der Waals surface area contributed by atoms with Gasteiger partial charge in [-0.1, -0.05) is 0 Å². The van der Waals surface area contributed by atoms with E-state index in [2.05, 4.69) is 9.83 Å². The number of halogens is 2. The second kappa shape index (κ2) is 8.15. The van der Waals surface area contributed by atoms with E-state index in [1.807, 2.05) is 0 Å². The van der Waals surface area contributed by atoms with E-state index < -0.39 is 17.5 Å². The Bertz CT molecular complexity index is 585. The van der Waals surface area contributed by atoms with Gasteiger partial charge in [-0.3, -0.25) is 0 Å². The van der Waals surface area contributed by atoms with Crippen LogP contribution in [0.2, 0.25) is 0 Å². The minimum absolute atomic E-state index is 0.239. The molecule has 1 aromatic rings. The fourth-order valence-electron chi connectivity index (χ4n) is 1.73. The summed E-state index contributed by atoms with van der Waals surface area (Å²) in [6, 6.07) is 4.08. The monoisotopic (exact) mass is 344 g/mol. The number of benzene rings is 1. The molecule has 5 nitrogen and oxygen atoms in total. The topological polar surface area (TPSA) is 59.9 Å². The summed E-state index contributed by atoms with van der Waals surface area (Å²) in [4.78, 5) is 11.6. The maximum absolute atomic E-state index is 13.4. The number of carbonyl (C=O) groups is 1. The molecule has 0 aliphatic heterocycles. The molecule has 23 heavy (non-hydrogen) atoms. The van der Waals surface area contributed by atoms with Gasteiger partial charge in [0.1, 0.15) is 23.3 Å². The van der Waals surface area contributed by atoms with Crippen LogP contribution in [0.4, 0.5) is 9.18 Å². The Hall–Kier alpha value is -1.82. The van der Waals surface area contributed by atoms with Crippen LogP contribution < -0.4 is 10.1 Å². The number of nitrogens with zero attached hydrogens (tertiary/aromatic N) is 1. The summed E-state index contributed by atoms with van der Waals surface area (Å²) in [5.74, 6) is 0.0262. The van der Waals surface area contributed by atoms with Crippen LogP contribution in [0.15, 0.2) is 22.7 Å². The number of rotatable bonds is 5. The minimum atomic E-state index is -0.563. The number of ether oxygens (including phenoxy) is 2. The van der Waals surface area contributed by atoms with Crippen LogP contribution in [0.5, 0.6) is 5.75 Å². The van der Waals surface area contributed by atoms with Crippen molar-refractivity contribution in [2.75, 3.05) is 6.54 Å². The lowest BCUT2D eigenvalue weighted by Gasteiger charge is -2.21. The van der Waals surface area contributed by atoms with Crippen molar-refractivity contribution in [2.24, 2.45) is 4.51 Å². The van der Waals surface area contributed by atoms with Crippen molar-refractivity contribution >= 4 is 23.6 Å². The van der Waals surface area contributed by atoms with Gasteiger partial charge in [0.15, 0.2) is 0 Å². The molecule has 0 bridgehead atoms. The van der Waals surface area contributed by atoms with Crippen molar-refractivity contribution in [1.29, 1.82) is 0 Å². The molecule has 0 unspecified atom stereocenters. The summed E-state index contributed by atoms with van der Waals surface area (Å²) in [6.45, 7) is 9.02. The van der Waals surface area contributed by atoms with Crippen LogP contribution in [-0.2, 0) is 4.74 Å². The van der Waals surface area contributed by atoms with Gasteiger partial charge in [0.25, 0.3) is 0 Å². The highest BCUT2D eigenvalue weighted by Gasteiger charge is 2.17. The minimum Gasteiger partial charge on any atom is -0.488 e. The van der Waals surface area contributed by atoms with Gasteiger partial charge >= 0.3 is 6.09 Å². The molecular weight excluding hydrogens is 323 g/mol. The zero-order chi connectivity index (χ0) is 17.6. The van der Waals surface area contributed by atoms with Gasteiger partial charge in [0, 0.05) is 17.3 Å². The van der Waals surface area contributed by atoms with E-state index in [-0.39, 0.29) is 12.6 Å². The lowest BCUT2D eigenvalue weighted by atomic mass is 10.1. The van der Waals surface area contributed by atoms with Crippen LogP contribution in [0.3, 0.4) is 0 Å². The molecule has 0 heterocycles. The average Bonchev–Trinajstić information content (AvgIpc) is 2.44. The van der Waals surface area contributed by atoms with E-state index in [0.717, 1.165) is 0 Å². The molecule has 0 aromatic heterocycles. The van der Waals surface area contributed by atoms with Gasteiger partial charge < -0.3 is 14.8 Å². The number of nitrogens with one attached hydrogen (secondary N) is 1. The largest absolute Gasteiger partial charge is 0.488 e. The summed E-state index contributed by atoms with van der Waals surface area (Å²) < 4.78 is 27.8. The third-order valence-electron chi connectivity index (χ3n) is 2.72. The normalized spacial score (nSPS) is 13.4. The average molecular weight is 345 g/mol. The molecule has 0 spiro atoms. The highest BCUT2D eigenvalue weighted by atomic mass is 35.5. The SMILES string of the molecule is CC(=NCl)c1cc(F)ccc1O[C@@H](C)CNC(=O)OC(C)(C)C. The molecule has 1 atom stereocenters. The first-order valence-corrected chi connectivity index (χ1v) is 7.55. The van der Waals surface area contributed by atoms with Crippen molar-refractivity contribution in [3.8, 4) is 5.75 Å². The Labute approximate surface area is 140 Å². The van der Waals surface area contributed by atoms with E-state index in [0.29, 0.717) is 17.0 Å². The fraction of sp³-hybridized carbons (Fsp3) is 0.500. The predicted molar refractivity (Wildman–Crippen MR) is 88.8 cm³/mol. The Morgan fingerprint density at radius 3 is 2.65 bits per heavy atom. The number of carbonyl (C=O) groups excluding carboxylic acids is 1. The molecule has 1 aromatic carbocycles. The van der Waals surface area contributed by atoms with Crippen molar-refractivity contribution in [3.05, 3.63) is 29.6 Å². The van der Waals surface area contributed by atoms with Crippen LogP contribution in [0, 0.1) is 5.82 Å². The summed E-state index contributed by atoms with van der Waals surface area (Å²) in [7, 11) is 0. The number of hydrogen-bond donors (Lipinski definition) is 1. The van der Waals surface area contributed by atoms with Gasteiger partial charge in [-0.2, -0.15) is 4.51 Å². The lowest BCUT2D eigenvalue weighted by Crippen LogP contribution is -2.37. The van der Waals surface area contributed by atoms with Crippen LogP contribution in [-0.4, -0.2) is 30.1 Å². The Morgan fingerprint density at radius 1 is 1.43 bits per heavy atom. The summed E-state index contributed by atoms with van der Waals surface area (Å²) in [6.07, 6.45) is -0.874. The Balaban J connectivity index is 2.68. The molecule has 1 N–H and O–H groups in total. The zero-order valence-corrected chi connectivity index (χ0v) is 14.7. The predicted octanol–water partition coefficient (Wildman–Crippen LogP) is 4.08. The van der Waals surface area contributed by atoms with E-state index in [4.69, 9.17) is 21.3 Å². The van der Waals surface area contributed by atoms with Gasteiger partial charge in [-0.05, 0) is 52.8 Å². The van der Waals surface area contributed by atoms with Gasteiger partial charge in [0.05, 0.1) is 12.3 Å². The molecule has 0 fully saturated rings. The van der Waals surface area contributed by atoms with Crippen LogP contribution in [0.1, 0.15) is 40.2 Å². The second-order valence-electron chi connectivity index (χ2n) is 6.12. The second-order valence-corrected chi connectivity index (χ2v) is 6.29. The molecular formula is C16H22ClFN2O3. The smallest absolute Gasteiger partial charge is 0.407 e. The third kappa shape index (κ3) is 6.86. The molecule has 0 radical (unpaired) electrons. The Morgan fingerprint density at radius 2 is 2.09 bits per heavy atom. The Kier molecular flexibility index (Phi) is 6.81. The van der Waals surface area contributed by atoms with Gasteiger partial charge in [-0.15, -0.1) is 0 Å². The highest BCUT2D eigenvalue weighted by molar-refractivity contribution is 6.22. The van der Waals surface area contributed by atoms with Crippen LogP contribution in [0.25, 0.3) is 0 Å². The highest BCUT2D eigenvalue weighted by Crippen LogP contribution is 2.22. The lowest BCUT2D eigenvalue weighted by molar-refractivity contribution is 0.0505. The first kappa shape index (κ1) is 19.2. The standard InChI is InChI=1S/C16H22ClFN2O3/c1-10(9-19-15(21)23-16(3,4)5)22-14-7-6-12(18)8-13(14)11(2)20-17/h6-8,10H,9H2,1-5H3,(H,19,21)/t10-/m0/s1. The van der Waals surface area contributed by atoms with E-state index in [9.17, 15) is 9.18 Å². The molecule has 0 aliphatic rings. The molecule has 7 heteroatoms. The first-order chi connectivity index (χ1) is 10.6. The van der Waals surface area contributed by atoms with Crippen molar-refractivity contribution in [1.82, 2.24) is 5.32 Å². The quantitative estimate of drug-likeness (QED) is 0.819. The molecule has 0 aliphatic carbocycles. The molecule has 0 saturated heterocycles. The number of hydrogen-bond acceptors (Lipinski definition) is 4. The zero-order valence-electron chi connectivity index (χ0n) is 13.9. The molecule has 0 saturated carbocycles. The maximum Gasteiger partial charge on any atom is 0.407 e. The van der Waals surface area contributed by atoms with Crippen LogP contribution >= 0.6 is 11.8 Å². The fourth-order valence-corrected chi connectivity index (χ4v) is 1.82. The van der Waals surface area contributed by atoms with E-state index >= 15 is 0 Å². The number of alkyl carbamates (subject to hydrolysis) is 1. The van der Waals surface area contributed by atoms with Gasteiger partial charge in [-0.25, -0.2) is 9.18 Å². The third-order valence-corrected chi connectivity index (χ3v) is 2.97. The maximum atomic E-state index is 13.4. The van der Waals surface area contributed by atoms with Gasteiger partial charge in [0.2, 0.25) is 0 Å².